The molecule has 1 N–H and O–H groups in total. The number of anilines is 2. The van der Waals surface area contributed by atoms with Gasteiger partial charge in [-0.25, -0.2) is 0 Å². The van der Waals surface area contributed by atoms with E-state index in [4.69, 9.17) is 0 Å². The van der Waals surface area contributed by atoms with Crippen LogP contribution < -0.4 is 10.2 Å². The van der Waals surface area contributed by atoms with Crippen LogP contribution in [-0.4, -0.2) is 28.2 Å². The molecule has 2 unspecified atom stereocenters. The van der Waals surface area contributed by atoms with Crippen molar-refractivity contribution in [3.63, 3.8) is 0 Å². The highest BCUT2D eigenvalue weighted by molar-refractivity contribution is 6.06. The van der Waals surface area contributed by atoms with Gasteiger partial charge in [0.15, 0.2) is 5.69 Å². The molecule has 1 aliphatic rings. The summed E-state index contributed by atoms with van der Waals surface area (Å²) >= 11 is 0. The smallest absolute Gasteiger partial charge is 0.279 e. The van der Waals surface area contributed by atoms with Gasteiger partial charge in [0.1, 0.15) is 5.82 Å². The summed E-state index contributed by atoms with van der Waals surface area (Å²) in [6.07, 6.45) is 1.88. The number of hydrogen-bond donors (Lipinski definition) is 1. The second kappa shape index (κ2) is 6.36. The van der Waals surface area contributed by atoms with Crippen molar-refractivity contribution in [2.24, 2.45) is 0 Å². The Morgan fingerprint density at radius 3 is 2.78 bits per heavy atom. The predicted octanol–water partition coefficient (Wildman–Crippen LogP) is 3.28. The molecule has 5 heteroatoms. The number of amides is 1. The van der Waals surface area contributed by atoms with E-state index in [0.29, 0.717) is 17.6 Å². The molecule has 1 aromatic heterocycles. The van der Waals surface area contributed by atoms with Crippen LogP contribution in [0.15, 0.2) is 36.4 Å². The van der Waals surface area contributed by atoms with Gasteiger partial charge in [-0.1, -0.05) is 25.1 Å². The van der Waals surface area contributed by atoms with Crippen molar-refractivity contribution in [1.82, 2.24) is 10.2 Å². The van der Waals surface area contributed by atoms with E-state index in [1.165, 1.54) is 5.56 Å². The number of aromatic nitrogens is 2. The van der Waals surface area contributed by atoms with E-state index < -0.39 is 0 Å². The van der Waals surface area contributed by atoms with Crippen molar-refractivity contribution in [1.29, 1.82) is 0 Å². The number of rotatable bonds is 4. The van der Waals surface area contributed by atoms with Crippen molar-refractivity contribution in [3.05, 3.63) is 47.7 Å². The molecular weight excluding hydrogens is 288 g/mol. The van der Waals surface area contributed by atoms with Crippen LogP contribution in [0.5, 0.6) is 0 Å². The lowest BCUT2D eigenvalue weighted by Crippen LogP contribution is -2.36. The molecule has 0 bridgehead atoms. The zero-order valence-corrected chi connectivity index (χ0v) is 13.8. The Labute approximate surface area is 136 Å². The third-order valence-corrected chi connectivity index (χ3v) is 4.32. The molecule has 2 atom stereocenters. The first kappa shape index (κ1) is 15.5. The summed E-state index contributed by atoms with van der Waals surface area (Å²) in [6.45, 7) is 6.25. The molecule has 0 saturated carbocycles. The summed E-state index contributed by atoms with van der Waals surface area (Å²) < 4.78 is 0. The Bertz CT molecular complexity index is 698. The average molecular weight is 310 g/mol. The van der Waals surface area contributed by atoms with E-state index in [9.17, 15) is 4.79 Å². The molecule has 1 aromatic carbocycles. The number of benzene rings is 1. The molecule has 0 fully saturated rings. The monoisotopic (exact) mass is 310 g/mol. The van der Waals surface area contributed by atoms with Gasteiger partial charge in [-0.3, -0.25) is 4.79 Å². The van der Waals surface area contributed by atoms with Gasteiger partial charge in [-0.05, 0) is 50.5 Å². The van der Waals surface area contributed by atoms with Gasteiger partial charge in [0.2, 0.25) is 0 Å². The minimum absolute atomic E-state index is 0.0926. The van der Waals surface area contributed by atoms with Gasteiger partial charge >= 0.3 is 0 Å². The fourth-order valence-corrected chi connectivity index (χ4v) is 2.88. The van der Waals surface area contributed by atoms with Crippen LogP contribution in [0.3, 0.4) is 0 Å². The largest absolute Gasteiger partial charge is 0.366 e. The highest BCUT2D eigenvalue weighted by Gasteiger charge is 2.31. The van der Waals surface area contributed by atoms with Gasteiger partial charge < -0.3 is 10.2 Å². The fraction of sp³-hybridized carbons (Fsp3) is 0.389. The zero-order valence-electron chi connectivity index (χ0n) is 13.8. The van der Waals surface area contributed by atoms with Crippen LogP contribution in [0, 0.1) is 0 Å². The molecule has 0 spiro atoms. The maximum absolute atomic E-state index is 12.8. The Balaban J connectivity index is 1.81. The maximum Gasteiger partial charge on any atom is 0.279 e. The molecule has 0 saturated heterocycles. The van der Waals surface area contributed by atoms with Gasteiger partial charge in [-0.2, -0.15) is 0 Å². The minimum atomic E-state index is -0.0926. The van der Waals surface area contributed by atoms with Crippen LogP contribution in [-0.2, 0) is 6.42 Å². The zero-order chi connectivity index (χ0) is 16.4. The quantitative estimate of drug-likeness (QED) is 0.941. The molecule has 23 heavy (non-hydrogen) atoms. The molecule has 1 amide bonds. The lowest BCUT2D eigenvalue weighted by Gasteiger charge is -2.22. The first-order valence-corrected chi connectivity index (χ1v) is 8.12. The molecule has 120 valence electrons. The van der Waals surface area contributed by atoms with Crippen molar-refractivity contribution in [2.45, 2.75) is 45.7 Å². The molecule has 2 heterocycles. The first-order valence-electron chi connectivity index (χ1n) is 8.12. The first-order chi connectivity index (χ1) is 11.1. The summed E-state index contributed by atoms with van der Waals surface area (Å²) in [7, 11) is 0. The van der Waals surface area contributed by atoms with Crippen LogP contribution in [0.2, 0.25) is 0 Å². The van der Waals surface area contributed by atoms with Crippen LogP contribution in [0.1, 0.15) is 43.2 Å². The Morgan fingerprint density at radius 2 is 2.09 bits per heavy atom. The third-order valence-electron chi connectivity index (χ3n) is 4.32. The van der Waals surface area contributed by atoms with Gasteiger partial charge in [-0.15, -0.1) is 10.2 Å². The topological polar surface area (TPSA) is 58.1 Å². The number of fused-ring (bicyclic) bond motifs is 1. The van der Waals surface area contributed by atoms with Gasteiger partial charge in [0, 0.05) is 17.8 Å². The fourth-order valence-electron chi connectivity index (χ4n) is 2.88. The van der Waals surface area contributed by atoms with E-state index in [1.807, 2.05) is 29.2 Å². The number of carbonyl (C=O) groups is 1. The number of para-hydroxylation sites is 1. The Hall–Kier alpha value is -2.43. The number of nitrogens with zero attached hydrogens (tertiary/aromatic N) is 3. The second-order valence-electron chi connectivity index (χ2n) is 6.11. The molecule has 0 radical (unpaired) electrons. The van der Waals surface area contributed by atoms with E-state index in [2.05, 4.69) is 42.4 Å². The van der Waals surface area contributed by atoms with Crippen molar-refractivity contribution < 1.29 is 4.79 Å². The molecule has 1 aliphatic heterocycles. The SMILES string of the molecule is CCC(C)Nc1ccc(C(=O)N2c3ccccc3CC2C)nn1. The third kappa shape index (κ3) is 3.04. The van der Waals surface area contributed by atoms with Crippen molar-refractivity contribution >= 4 is 17.4 Å². The van der Waals surface area contributed by atoms with Crippen molar-refractivity contribution in [2.75, 3.05) is 10.2 Å². The molecule has 0 aliphatic carbocycles. The Morgan fingerprint density at radius 1 is 1.30 bits per heavy atom. The lowest BCUT2D eigenvalue weighted by atomic mass is 10.1. The maximum atomic E-state index is 12.8. The van der Waals surface area contributed by atoms with E-state index in [1.54, 1.807) is 6.07 Å². The van der Waals surface area contributed by atoms with Crippen LogP contribution >= 0.6 is 0 Å². The Kier molecular flexibility index (Phi) is 4.28. The van der Waals surface area contributed by atoms with E-state index >= 15 is 0 Å². The van der Waals surface area contributed by atoms with E-state index in [0.717, 1.165) is 18.5 Å². The predicted molar refractivity (Wildman–Crippen MR) is 91.8 cm³/mol. The summed E-state index contributed by atoms with van der Waals surface area (Å²) in [4.78, 5) is 14.6. The average Bonchev–Trinajstić information content (AvgIpc) is 2.90. The summed E-state index contributed by atoms with van der Waals surface area (Å²) in [5, 5.41) is 11.5. The van der Waals surface area contributed by atoms with Crippen LogP contribution in [0.4, 0.5) is 11.5 Å². The highest BCUT2D eigenvalue weighted by Crippen LogP contribution is 2.32. The van der Waals surface area contributed by atoms with E-state index in [-0.39, 0.29) is 11.9 Å². The standard InChI is InChI=1S/C18H22N4O/c1-4-12(2)19-17-10-9-15(20-21-17)18(23)22-13(3)11-14-7-5-6-8-16(14)22/h5-10,12-13H,4,11H2,1-3H3,(H,19,21). The number of nitrogens with one attached hydrogen (secondary N) is 1. The lowest BCUT2D eigenvalue weighted by molar-refractivity contribution is 0.0975. The van der Waals surface area contributed by atoms with Gasteiger partial charge in [0.25, 0.3) is 5.91 Å². The van der Waals surface area contributed by atoms with Crippen molar-refractivity contribution in [3.8, 4) is 0 Å². The second-order valence-corrected chi connectivity index (χ2v) is 6.11. The van der Waals surface area contributed by atoms with Crippen LogP contribution in [0.25, 0.3) is 0 Å². The molecule has 2 aromatic rings. The number of carbonyl (C=O) groups excluding carboxylic acids is 1. The summed E-state index contributed by atoms with van der Waals surface area (Å²) in [6, 6.07) is 12.1. The highest BCUT2D eigenvalue weighted by atomic mass is 16.2. The van der Waals surface area contributed by atoms with Gasteiger partial charge in [0.05, 0.1) is 0 Å². The molecule has 3 rings (SSSR count). The molecular formula is C18H22N4O. The minimum Gasteiger partial charge on any atom is -0.366 e. The summed E-state index contributed by atoms with van der Waals surface area (Å²) in [5.41, 5.74) is 2.56. The normalized spacial score (nSPS) is 17.7. The molecule has 5 nitrogen and oxygen atoms in total. The summed E-state index contributed by atoms with van der Waals surface area (Å²) in [5.74, 6) is 0.607. The number of hydrogen-bond acceptors (Lipinski definition) is 4.